The highest BCUT2D eigenvalue weighted by atomic mass is 16.2. The van der Waals surface area contributed by atoms with Crippen LogP contribution in [-0.2, 0) is 17.8 Å². The van der Waals surface area contributed by atoms with Gasteiger partial charge in [-0.25, -0.2) is 0 Å². The molecule has 1 fully saturated rings. The van der Waals surface area contributed by atoms with Crippen molar-refractivity contribution in [3.63, 3.8) is 0 Å². The van der Waals surface area contributed by atoms with Crippen molar-refractivity contribution in [1.29, 1.82) is 0 Å². The molecule has 0 saturated carbocycles. The zero-order valence-corrected chi connectivity index (χ0v) is 14.4. The van der Waals surface area contributed by atoms with Crippen LogP contribution < -0.4 is 5.73 Å². The molecule has 0 radical (unpaired) electrons. The number of carbonyl (C=O) groups is 1. The van der Waals surface area contributed by atoms with Crippen LogP contribution in [0.3, 0.4) is 0 Å². The highest BCUT2D eigenvalue weighted by Gasteiger charge is 2.32. The van der Waals surface area contributed by atoms with Crippen molar-refractivity contribution in [3.05, 3.63) is 35.4 Å². The van der Waals surface area contributed by atoms with Crippen LogP contribution in [0, 0.1) is 11.8 Å². The quantitative estimate of drug-likeness (QED) is 0.926. The van der Waals surface area contributed by atoms with Crippen molar-refractivity contribution in [1.82, 2.24) is 9.80 Å². The summed E-state index contributed by atoms with van der Waals surface area (Å²) in [5, 5.41) is 0. The summed E-state index contributed by atoms with van der Waals surface area (Å²) < 4.78 is 0. The molecule has 23 heavy (non-hydrogen) atoms. The molecule has 2 aliphatic rings. The maximum atomic E-state index is 12.8. The maximum Gasteiger partial charge on any atom is 0.237 e. The first-order valence-electron chi connectivity index (χ1n) is 8.87. The Hall–Kier alpha value is -1.39. The number of fused-ring (bicyclic) bond motifs is 1. The van der Waals surface area contributed by atoms with Crippen molar-refractivity contribution in [2.75, 3.05) is 26.2 Å². The van der Waals surface area contributed by atoms with Crippen LogP contribution >= 0.6 is 0 Å². The number of piperidine rings is 1. The lowest BCUT2D eigenvalue weighted by molar-refractivity contribution is -0.134. The Bertz CT molecular complexity index is 559. The summed E-state index contributed by atoms with van der Waals surface area (Å²) in [5.41, 5.74) is 8.59. The molecule has 2 N–H and O–H groups in total. The van der Waals surface area contributed by atoms with E-state index in [1.807, 2.05) is 4.90 Å². The van der Waals surface area contributed by atoms with E-state index in [1.165, 1.54) is 11.1 Å². The lowest BCUT2D eigenvalue weighted by Gasteiger charge is -2.42. The molecule has 126 valence electrons. The molecule has 1 aromatic carbocycles. The predicted molar refractivity (Wildman–Crippen MR) is 92.9 cm³/mol. The van der Waals surface area contributed by atoms with E-state index in [9.17, 15) is 4.79 Å². The molecule has 1 aromatic rings. The summed E-state index contributed by atoms with van der Waals surface area (Å²) in [6.07, 6.45) is 2.11. The van der Waals surface area contributed by atoms with Crippen LogP contribution in [0.1, 0.15) is 31.4 Å². The molecular weight excluding hydrogens is 286 g/mol. The lowest BCUT2D eigenvalue weighted by atomic mass is 9.83. The van der Waals surface area contributed by atoms with Gasteiger partial charge < -0.3 is 10.6 Å². The summed E-state index contributed by atoms with van der Waals surface area (Å²) in [6.45, 7) is 8.33. The fraction of sp³-hybridized carbons (Fsp3) is 0.632. The molecule has 0 spiro atoms. The molecule has 3 rings (SSSR count). The molecule has 0 aromatic heterocycles. The highest BCUT2D eigenvalue weighted by Crippen LogP contribution is 2.27. The Balaban J connectivity index is 1.61. The molecule has 2 aliphatic heterocycles. The first-order chi connectivity index (χ1) is 11.1. The zero-order valence-electron chi connectivity index (χ0n) is 14.4. The third-order valence-electron chi connectivity index (χ3n) is 5.73. The van der Waals surface area contributed by atoms with Gasteiger partial charge >= 0.3 is 0 Å². The number of hydrogen-bond donors (Lipinski definition) is 1. The number of nitrogens with zero attached hydrogens (tertiary/aromatic N) is 2. The first-order valence-corrected chi connectivity index (χ1v) is 8.87. The number of nitrogens with two attached hydrogens (primary N) is 1. The third-order valence-corrected chi connectivity index (χ3v) is 5.73. The number of carbonyl (C=O) groups excluding carboxylic acids is 1. The lowest BCUT2D eigenvalue weighted by Crippen LogP contribution is -2.51. The molecule has 1 amide bonds. The van der Waals surface area contributed by atoms with Crippen molar-refractivity contribution >= 4 is 5.91 Å². The maximum absolute atomic E-state index is 12.8. The second kappa shape index (κ2) is 7.02. The molecule has 3 atom stereocenters. The van der Waals surface area contributed by atoms with Gasteiger partial charge in [0, 0.05) is 25.7 Å². The minimum atomic E-state index is 0.261. The summed E-state index contributed by atoms with van der Waals surface area (Å²) >= 11 is 0. The van der Waals surface area contributed by atoms with E-state index in [0.717, 1.165) is 39.0 Å². The average molecular weight is 315 g/mol. The summed E-state index contributed by atoms with van der Waals surface area (Å²) in [5.74, 6) is 1.43. The molecular formula is C19H29N3O. The predicted octanol–water partition coefficient (Wildman–Crippen LogP) is 1.88. The van der Waals surface area contributed by atoms with E-state index in [2.05, 4.69) is 43.0 Å². The number of hydrogen-bond acceptors (Lipinski definition) is 3. The van der Waals surface area contributed by atoms with Crippen LogP contribution in [0.15, 0.2) is 24.3 Å². The second-order valence-electron chi connectivity index (χ2n) is 7.32. The summed E-state index contributed by atoms with van der Waals surface area (Å²) in [7, 11) is 0. The van der Waals surface area contributed by atoms with Gasteiger partial charge in [-0.05, 0) is 49.3 Å². The topological polar surface area (TPSA) is 49.6 Å². The third kappa shape index (κ3) is 3.59. The SMILES string of the molecule is CC1CC(C)N(CC(=O)N2CCc3ccccc3C2)CC1CN. The molecule has 3 unspecified atom stereocenters. The molecule has 0 bridgehead atoms. The number of benzene rings is 1. The van der Waals surface area contributed by atoms with Crippen LogP contribution in [0.5, 0.6) is 0 Å². The van der Waals surface area contributed by atoms with Crippen molar-refractivity contribution < 1.29 is 4.79 Å². The van der Waals surface area contributed by atoms with Crippen molar-refractivity contribution in [2.45, 2.75) is 39.3 Å². The number of rotatable bonds is 3. The van der Waals surface area contributed by atoms with E-state index in [-0.39, 0.29) is 5.91 Å². The van der Waals surface area contributed by atoms with Crippen LogP contribution in [0.25, 0.3) is 0 Å². The standard InChI is InChI=1S/C19H29N3O/c1-14-9-15(2)22(12-18(14)10-20)13-19(23)21-8-7-16-5-3-4-6-17(16)11-21/h3-6,14-15,18H,7-13,20H2,1-2H3. The number of likely N-dealkylation sites (tertiary alicyclic amines) is 1. The van der Waals surface area contributed by atoms with Crippen molar-refractivity contribution in [3.8, 4) is 0 Å². The Kier molecular flexibility index (Phi) is 5.02. The number of amides is 1. The highest BCUT2D eigenvalue weighted by molar-refractivity contribution is 5.78. The van der Waals surface area contributed by atoms with E-state index in [1.54, 1.807) is 0 Å². The Labute approximate surface area is 139 Å². The van der Waals surface area contributed by atoms with Gasteiger partial charge in [0.15, 0.2) is 0 Å². The van der Waals surface area contributed by atoms with Gasteiger partial charge in [0.05, 0.1) is 6.54 Å². The summed E-state index contributed by atoms with van der Waals surface area (Å²) in [6, 6.07) is 8.93. The molecule has 0 aliphatic carbocycles. The van der Waals surface area contributed by atoms with Gasteiger partial charge in [0.25, 0.3) is 0 Å². The summed E-state index contributed by atoms with van der Waals surface area (Å²) in [4.78, 5) is 17.1. The van der Waals surface area contributed by atoms with Gasteiger partial charge in [-0.2, -0.15) is 0 Å². The minimum absolute atomic E-state index is 0.261. The fourth-order valence-electron chi connectivity index (χ4n) is 4.05. The molecule has 2 heterocycles. The normalized spacial score (nSPS) is 28.5. The van der Waals surface area contributed by atoms with Crippen molar-refractivity contribution in [2.24, 2.45) is 17.6 Å². The Morgan fingerprint density at radius 2 is 2.00 bits per heavy atom. The monoisotopic (exact) mass is 315 g/mol. The first kappa shape index (κ1) is 16.5. The Morgan fingerprint density at radius 3 is 2.74 bits per heavy atom. The van der Waals surface area contributed by atoms with Crippen LogP contribution in [0.4, 0.5) is 0 Å². The van der Waals surface area contributed by atoms with Crippen LogP contribution in [0.2, 0.25) is 0 Å². The average Bonchev–Trinajstić information content (AvgIpc) is 2.56. The van der Waals surface area contributed by atoms with E-state index >= 15 is 0 Å². The van der Waals surface area contributed by atoms with Crippen LogP contribution in [-0.4, -0.2) is 47.9 Å². The zero-order chi connectivity index (χ0) is 16.4. The van der Waals surface area contributed by atoms with Gasteiger partial charge in [-0.15, -0.1) is 0 Å². The fourth-order valence-corrected chi connectivity index (χ4v) is 4.05. The molecule has 4 nitrogen and oxygen atoms in total. The van der Waals surface area contributed by atoms with Gasteiger partial charge in [0.1, 0.15) is 0 Å². The molecule has 1 saturated heterocycles. The second-order valence-corrected chi connectivity index (χ2v) is 7.32. The van der Waals surface area contributed by atoms with Gasteiger partial charge in [-0.1, -0.05) is 31.2 Å². The van der Waals surface area contributed by atoms with Gasteiger partial charge in [0.2, 0.25) is 5.91 Å². The van der Waals surface area contributed by atoms with E-state index < -0.39 is 0 Å². The largest absolute Gasteiger partial charge is 0.337 e. The minimum Gasteiger partial charge on any atom is -0.337 e. The smallest absolute Gasteiger partial charge is 0.237 e. The van der Waals surface area contributed by atoms with E-state index in [0.29, 0.717) is 24.4 Å². The van der Waals surface area contributed by atoms with E-state index in [4.69, 9.17) is 5.73 Å². The van der Waals surface area contributed by atoms with Gasteiger partial charge in [-0.3, -0.25) is 9.69 Å². The Morgan fingerprint density at radius 1 is 1.26 bits per heavy atom. The molecule has 4 heteroatoms.